The van der Waals surface area contributed by atoms with Gasteiger partial charge >= 0.3 is 30.2 Å². The highest BCUT2D eigenvalue weighted by atomic mass is 19.4. The maximum absolute atomic E-state index is 12.7. The number of hydrogen-bond donors (Lipinski definition) is 2. The molecule has 158 valence electrons. The number of aliphatic carboxylic acids is 1. The second kappa shape index (κ2) is 6.24. The first kappa shape index (κ1) is 20.7. The molecule has 0 saturated heterocycles. The van der Waals surface area contributed by atoms with Crippen molar-refractivity contribution in [2.45, 2.75) is 62.5 Å². The molecule has 4 rings (SSSR count). The van der Waals surface area contributed by atoms with Gasteiger partial charge in [0.15, 0.2) is 0 Å². The summed E-state index contributed by atoms with van der Waals surface area (Å²) in [6, 6.07) is -1.95. The summed E-state index contributed by atoms with van der Waals surface area (Å²) in [4.78, 5) is 34.4. The van der Waals surface area contributed by atoms with E-state index in [1.165, 1.54) is 5.32 Å². The van der Waals surface area contributed by atoms with Crippen LogP contribution < -0.4 is 5.32 Å². The summed E-state index contributed by atoms with van der Waals surface area (Å²) in [5.41, 5.74) is -3.00. The van der Waals surface area contributed by atoms with Crippen LogP contribution in [-0.4, -0.2) is 46.9 Å². The van der Waals surface area contributed by atoms with Gasteiger partial charge in [-0.2, -0.15) is 26.3 Å². The van der Waals surface area contributed by atoms with E-state index in [1.807, 2.05) is 0 Å². The molecular weight excluding hydrogens is 400 g/mol. The lowest BCUT2D eigenvalue weighted by molar-refractivity contribution is -0.241. The number of alkyl halides is 6. The van der Waals surface area contributed by atoms with Crippen molar-refractivity contribution in [1.82, 2.24) is 5.32 Å². The maximum Gasteiger partial charge on any atom is 0.490 e. The van der Waals surface area contributed by atoms with E-state index in [-0.39, 0.29) is 43.9 Å². The smallest absolute Gasteiger partial charge is 0.480 e. The van der Waals surface area contributed by atoms with Crippen LogP contribution >= 0.6 is 0 Å². The first-order valence-electron chi connectivity index (χ1n) is 8.56. The zero-order chi connectivity index (χ0) is 21.1. The molecule has 4 aliphatic rings. The second-order valence-electron chi connectivity index (χ2n) is 8.14. The molecule has 0 radical (unpaired) electrons. The fourth-order valence-electron chi connectivity index (χ4n) is 5.65. The molecule has 0 aromatic carbocycles. The van der Waals surface area contributed by atoms with Crippen LogP contribution in [0.3, 0.4) is 0 Å². The van der Waals surface area contributed by atoms with Crippen LogP contribution in [0, 0.1) is 17.3 Å². The van der Waals surface area contributed by atoms with E-state index in [0.29, 0.717) is 6.42 Å². The van der Waals surface area contributed by atoms with Gasteiger partial charge in [0.25, 0.3) is 0 Å². The summed E-state index contributed by atoms with van der Waals surface area (Å²) in [6.07, 6.45) is -9.90. The van der Waals surface area contributed by atoms with Gasteiger partial charge in [-0.05, 0) is 50.4 Å². The molecule has 2 unspecified atom stereocenters. The monoisotopic (exact) mass is 417 g/mol. The van der Waals surface area contributed by atoms with Crippen molar-refractivity contribution in [2.24, 2.45) is 17.3 Å². The number of carboxylic acid groups (broad SMARTS) is 1. The number of rotatable bonds is 4. The number of nitrogens with one attached hydrogen (secondary N) is 1. The third-order valence-corrected chi connectivity index (χ3v) is 5.99. The van der Waals surface area contributed by atoms with Crippen molar-refractivity contribution in [3.05, 3.63) is 0 Å². The van der Waals surface area contributed by atoms with Crippen molar-refractivity contribution >= 4 is 17.8 Å². The van der Waals surface area contributed by atoms with Gasteiger partial charge in [0.2, 0.25) is 0 Å². The lowest BCUT2D eigenvalue weighted by Gasteiger charge is -2.62. The number of carbonyl (C=O) groups excluding carboxylic acids is 2. The van der Waals surface area contributed by atoms with E-state index in [9.17, 15) is 45.8 Å². The SMILES string of the molecule is O=C(O)[C@@H](NC(=O)C(F)(F)F)C12CC3CC(CC(OC(=O)C(F)(F)F)(C3)C1)C2. The fraction of sp³-hybridized carbons (Fsp3) is 0.812. The highest BCUT2D eigenvalue weighted by Crippen LogP contribution is 2.64. The van der Waals surface area contributed by atoms with Crippen LogP contribution in [0.25, 0.3) is 0 Å². The van der Waals surface area contributed by atoms with E-state index in [2.05, 4.69) is 0 Å². The van der Waals surface area contributed by atoms with Crippen LogP contribution in [0.15, 0.2) is 0 Å². The Balaban J connectivity index is 1.91. The van der Waals surface area contributed by atoms with Crippen molar-refractivity contribution in [3.8, 4) is 0 Å². The van der Waals surface area contributed by atoms with Gasteiger partial charge < -0.3 is 15.2 Å². The van der Waals surface area contributed by atoms with E-state index >= 15 is 0 Å². The van der Waals surface area contributed by atoms with Gasteiger partial charge in [-0.1, -0.05) is 0 Å². The molecule has 2 N–H and O–H groups in total. The minimum absolute atomic E-state index is 0.0899. The number of amides is 1. The minimum atomic E-state index is -5.31. The number of carbonyl (C=O) groups is 3. The Labute approximate surface area is 154 Å². The van der Waals surface area contributed by atoms with Crippen LogP contribution in [0.5, 0.6) is 0 Å². The van der Waals surface area contributed by atoms with Gasteiger partial charge in [0.05, 0.1) is 0 Å². The normalized spacial score (nSPS) is 35.4. The van der Waals surface area contributed by atoms with Crippen molar-refractivity contribution in [3.63, 3.8) is 0 Å². The molecule has 4 aliphatic carbocycles. The molecule has 0 aromatic heterocycles. The Hall–Kier alpha value is -2.01. The summed E-state index contributed by atoms with van der Waals surface area (Å²) in [6.45, 7) is 0. The van der Waals surface area contributed by atoms with Crippen LogP contribution in [0.1, 0.15) is 38.5 Å². The maximum atomic E-state index is 12.7. The molecular formula is C16H17F6NO5. The van der Waals surface area contributed by atoms with Crippen LogP contribution in [0.2, 0.25) is 0 Å². The largest absolute Gasteiger partial charge is 0.490 e. The van der Waals surface area contributed by atoms with E-state index in [1.54, 1.807) is 0 Å². The van der Waals surface area contributed by atoms with E-state index in [4.69, 9.17) is 4.74 Å². The molecule has 0 aromatic rings. The molecule has 28 heavy (non-hydrogen) atoms. The number of hydrogen-bond acceptors (Lipinski definition) is 4. The van der Waals surface area contributed by atoms with Gasteiger partial charge in [0.1, 0.15) is 11.6 Å². The molecule has 12 heteroatoms. The Morgan fingerprint density at radius 1 is 0.964 bits per heavy atom. The van der Waals surface area contributed by atoms with Crippen molar-refractivity contribution < 1.29 is 50.6 Å². The summed E-state index contributed by atoms with van der Waals surface area (Å²) >= 11 is 0. The third-order valence-electron chi connectivity index (χ3n) is 5.99. The van der Waals surface area contributed by atoms with Crippen molar-refractivity contribution in [2.75, 3.05) is 0 Å². The van der Waals surface area contributed by atoms with Gasteiger partial charge in [0, 0.05) is 5.41 Å². The summed E-state index contributed by atoms with van der Waals surface area (Å²) in [7, 11) is 0. The molecule has 0 spiro atoms. The zero-order valence-electron chi connectivity index (χ0n) is 14.3. The fourth-order valence-corrected chi connectivity index (χ4v) is 5.65. The molecule has 1 amide bonds. The van der Waals surface area contributed by atoms with Crippen LogP contribution in [-0.2, 0) is 19.1 Å². The minimum Gasteiger partial charge on any atom is -0.480 e. The Morgan fingerprint density at radius 3 is 1.93 bits per heavy atom. The number of ether oxygens (including phenoxy) is 1. The molecule has 3 atom stereocenters. The standard InChI is InChI=1S/C16H17F6NO5/c17-15(18,19)11(26)23-9(10(24)25)13-2-7-1-8(3-13)5-14(4-7,6-13)28-12(27)16(20,21)22/h7-9H,1-6H2,(H,23,26)(H,24,25)/t7?,8?,9-,13?,14?/m1/s1. The predicted molar refractivity (Wildman–Crippen MR) is 77.6 cm³/mol. The van der Waals surface area contributed by atoms with E-state index < -0.39 is 47.3 Å². The van der Waals surface area contributed by atoms with E-state index in [0.717, 1.165) is 0 Å². The first-order chi connectivity index (χ1) is 12.7. The van der Waals surface area contributed by atoms with Crippen LogP contribution in [0.4, 0.5) is 26.3 Å². The highest BCUT2D eigenvalue weighted by Gasteiger charge is 2.65. The Morgan fingerprint density at radius 2 is 1.50 bits per heavy atom. The number of carboxylic acids is 1. The van der Waals surface area contributed by atoms with Crippen molar-refractivity contribution in [1.29, 1.82) is 0 Å². The lowest BCUT2D eigenvalue weighted by Crippen LogP contribution is -2.66. The molecule has 0 aliphatic heterocycles. The average Bonchev–Trinajstić information content (AvgIpc) is 2.48. The van der Waals surface area contributed by atoms with Gasteiger partial charge in [-0.25, -0.2) is 9.59 Å². The second-order valence-corrected chi connectivity index (χ2v) is 8.14. The molecule has 4 saturated carbocycles. The summed E-state index contributed by atoms with van der Waals surface area (Å²) < 4.78 is 80.6. The van der Waals surface area contributed by atoms with Gasteiger partial charge in [-0.15, -0.1) is 0 Å². The topological polar surface area (TPSA) is 92.7 Å². The summed E-state index contributed by atoms with van der Waals surface area (Å²) in [5.74, 6) is -7.15. The molecule has 4 fully saturated rings. The Kier molecular flexibility index (Phi) is 4.62. The number of esters is 1. The Bertz CT molecular complexity index is 689. The lowest BCUT2D eigenvalue weighted by atomic mass is 9.46. The first-order valence-corrected chi connectivity index (χ1v) is 8.56. The quantitative estimate of drug-likeness (QED) is 0.542. The predicted octanol–water partition coefficient (Wildman–Crippen LogP) is 2.56. The summed E-state index contributed by atoms with van der Waals surface area (Å²) in [5, 5.41) is 11.0. The molecule has 4 bridgehead atoms. The van der Waals surface area contributed by atoms with Gasteiger partial charge in [-0.3, -0.25) is 4.79 Å². The molecule has 0 heterocycles. The number of halogens is 6. The highest BCUT2D eigenvalue weighted by molar-refractivity contribution is 5.87. The molecule has 6 nitrogen and oxygen atoms in total. The zero-order valence-corrected chi connectivity index (χ0v) is 14.3. The third kappa shape index (κ3) is 3.64. The average molecular weight is 417 g/mol.